The third kappa shape index (κ3) is 3.91. The van der Waals surface area contributed by atoms with Gasteiger partial charge in [-0.15, -0.1) is 0 Å². The molecule has 1 atom stereocenters. The highest BCUT2D eigenvalue weighted by molar-refractivity contribution is 9.10. The molecule has 1 aromatic carbocycles. The maximum atomic E-state index is 13.7. The number of nitrogens with zero attached hydrogens (tertiary/aromatic N) is 1. The molecule has 0 amide bonds. The molecule has 118 valence electrons. The average Bonchev–Trinajstić information content (AvgIpc) is 2.43. The van der Waals surface area contributed by atoms with Crippen LogP contribution in [0.3, 0.4) is 0 Å². The van der Waals surface area contributed by atoms with Gasteiger partial charge in [-0.2, -0.15) is 12.7 Å². The van der Waals surface area contributed by atoms with Crippen LogP contribution in [0.1, 0.15) is 12.8 Å². The van der Waals surface area contributed by atoms with Crippen molar-refractivity contribution in [1.82, 2.24) is 4.31 Å². The van der Waals surface area contributed by atoms with Crippen LogP contribution in [0, 0.1) is 17.6 Å². The Morgan fingerprint density at radius 2 is 2.00 bits per heavy atom. The second kappa shape index (κ2) is 6.55. The highest BCUT2D eigenvalue weighted by Crippen LogP contribution is 2.26. The third-order valence-corrected chi connectivity index (χ3v) is 5.32. The number of halogens is 3. The molecular weight excluding hydrogens is 368 g/mol. The van der Waals surface area contributed by atoms with Gasteiger partial charge < -0.3 is 5.73 Å². The van der Waals surface area contributed by atoms with Crippen molar-refractivity contribution in [1.29, 1.82) is 0 Å². The summed E-state index contributed by atoms with van der Waals surface area (Å²) in [6, 6.07) is 2.00. The zero-order valence-corrected chi connectivity index (χ0v) is 13.6. The van der Waals surface area contributed by atoms with Crippen LogP contribution >= 0.6 is 15.9 Å². The number of nitrogens with two attached hydrogens (primary N) is 1. The van der Waals surface area contributed by atoms with Gasteiger partial charge in [0.25, 0.3) is 0 Å². The van der Waals surface area contributed by atoms with Crippen LogP contribution < -0.4 is 10.5 Å². The number of piperidine rings is 1. The van der Waals surface area contributed by atoms with Gasteiger partial charge in [0.05, 0.1) is 0 Å². The summed E-state index contributed by atoms with van der Waals surface area (Å²) in [6.45, 7) is 0.949. The fourth-order valence-corrected chi connectivity index (χ4v) is 4.03. The van der Waals surface area contributed by atoms with Crippen molar-refractivity contribution in [3.8, 4) is 0 Å². The Bertz CT molecular complexity index is 604. The zero-order chi connectivity index (χ0) is 15.6. The summed E-state index contributed by atoms with van der Waals surface area (Å²) in [5, 5.41) is 0. The Morgan fingerprint density at radius 3 is 2.57 bits per heavy atom. The van der Waals surface area contributed by atoms with Crippen LogP contribution in [0.4, 0.5) is 14.5 Å². The summed E-state index contributed by atoms with van der Waals surface area (Å²) < 4.78 is 55.3. The Balaban J connectivity index is 2.22. The summed E-state index contributed by atoms with van der Waals surface area (Å²) in [5.41, 5.74) is 4.89. The van der Waals surface area contributed by atoms with Gasteiger partial charge >= 0.3 is 10.2 Å². The number of anilines is 1. The van der Waals surface area contributed by atoms with E-state index in [2.05, 4.69) is 15.9 Å². The van der Waals surface area contributed by atoms with Crippen molar-refractivity contribution in [3.05, 3.63) is 28.2 Å². The normalized spacial score (nSPS) is 20.5. The van der Waals surface area contributed by atoms with E-state index in [1.165, 1.54) is 4.31 Å². The van der Waals surface area contributed by atoms with Crippen molar-refractivity contribution in [3.63, 3.8) is 0 Å². The molecule has 0 radical (unpaired) electrons. The molecule has 1 aromatic rings. The topological polar surface area (TPSA) is 75.4 Å². The first-order valence-corrected chi connectivity index (χ1v) is 8.69. The molecular formula is C12H16BrF2N3O2S. The van der Waals surface area contributed by atoms with E-state index < -0.39 is 27.5 Å². The van der Waals surface area contributed by atoms with E-state index in [0.717, 1.165) is 18.6 Å². The Labute approximate surface area is 130 Å². The van der Waals surface area contributed by atoms with Crippen LogP contribution in [0.15, 0.2) is 16.6 Å². The summed E-state index contributed by atoms with van der Waals surface area (Å²) in [5.74, 6) is -1.88. The molecule has 21 heavy (non-hydrogen) atoms. The van der Waals surface area contributed by atoms with Crippen LogP contribution in [0.25, 0.3) is 0 Å². The number of nitrogens with one attached hydrogen (secondary N) is 1. The minimum Gasteiger partial charge on any atom is -0.330 e. The van der Waals surface area contributed by atoms with E-state index in [4.69, 9.17) is 5.73 Å². The molecule has 1 fully saturated rings. The Kier molecular flexibility index (Phi) is 5.18. The second-order valence-electron chi connectivity index (χ2n) is 4.95. The predicted octanol–water partition coefficient (Wildman–Crippen LogP) is 2.05. The molecule has 1 heterocycles. The van der Waals surface area contributed by atoms with Crippen LogP contribution in [-0.2, 0) is 10.2 Å². The lowest BCUT2D eigenvalue weighted by molar-refractivity contribution is 0.272. The van der Waals surface area contributed by atoms with Gasteiger partial charge in [0, 0.05) is 17.6 Å². The lowest BCUT2D eigenvalue weighted by Crippen LogP contribution is -2.44. The molecule has 0 spiro atoms. The summed E-state index contributed by atoms with van der Waals surface area (Å²) in [7, 11) is -4.00. The smallest absolute Gasteiger partial charge is 0.301 e. The molecule has 0 bridgehead atoms. The highest BCUT2D eigenvalue weighted by Gasteiger charge is 2.29. The molecule has 1 aliphatic rings. The van der Waals surface area contributed by atoms with E-state index in [1.807, 2.05) is 4.72 Å². The molecule has 2 rings (SSSR count). The first-order chi connectivity index (χ1) is 9.83. The second-order valence-corrected chi connectivity index (χ2v) is 7.54. The number of hydrogen-bond donors (Lipinski definition) is 2. The van der Waals surface area contributed by atoms with Crippen LogP contribution in [0.5, 0.6) is 0 Å². The SMILES string of the molecule is NCC1CCCN(S(=O)(=O)Nc2c(F)cc(Br)cc2F)C1. The Morgan fingerprint density at radius 1 is 1.38 bits per heavy atom. The molecule has 1 unspecified atom stereocenters. The van der Waals surface area contributed by atoms with Crippen molar-refractivity contribution in [2.45, 2.75) is 12.8 Å². The molecule has 0 saturated carbocycles. The molecule has 9 heteroatoms. The largest absolute Gasteiger partial charge is 0.330 e. The van der Waals surface area contributed by atoms with Gasteiger partial charge in [-0.1, -0.05) is 15.9 Å². The Hall–Kier alpha value is -0.770. The fraction of sp³-hybridized carbons (Fsp3) is 0.500. The van der Waals surface area contributed by atoms with Crippen molar-refractivity contribution < 1.29 is 17.2 Å². The minimum absolute atomic E-state index is 0.0648. The molecule has 0 aliphatic carbocycles. The zero-order valence-electron chi connectivity index (χ0n) is 11.2. The van der Waals surface area contributed by atoms with Crippen LogP contribution in [-0.4, -0.2) is 32.4 Å². The average molecular weight is 384 g/mol. The van der Waals surface area contributed by atoms with Gasteiger partial charge in [0.2, 0.25) is 0 Å². The van der Waals surface area contributed by atoms with Gasteiger partial charge in [-0.05, 0) is 37.4 Å². The fourth-order valence-electron chi connectivity index (χ4n) is 2.27. The molecule has 1 aliphatic heterocycles. The maximum absolute atomic E-state index is 13.7. The summed E-state index contributed by atoms with van der Waals surface area (Å²) in [6.07, 6.45) is 1.53. The maximum Gasteiger partial charge on any atom is 0.301 e. The van der Waals surface area contributed by atoms with Gasteiger partial charge in [-0.3, -0.25) is 4.72 Å². The highest BCUT2D eigenvalue weighted by atomic mass is 79.9. The van der Waals surface area contributed by atoms with Crippen molar-refractivity contribution in [2.24, 2.45) is 11.7 Å². The lowest BCUT2D eigenvalue weighted by Gasteiger charge is -2.31. The standard InChI is InChI=1S/C12H16BrF2N3O2S/c13-9-4-10(14)12(11(15)5-9)17-21(19,20)18-3-1-2-8(6-16)7-18/h4-5,8,17H,1-3,6-7,16H2. The van der Waals surface area contributed by atoms with Crippen molar-refractivity contribution >= 4 is 31.8 Å². The number of benzene rings is 1. The summed E-state index contributed by atoms with van der Waals surface area (Å²) in [4.78, 5) is 0. The first-order valence-electron chi connectivity index (χ1n) is 6.46. The quantitative estimate of drug-likeness (QED) is 0.835. The van der Waals surface area contributed by atoms with Gasteiger partial charge in [0.1, 0.15) is 5.69 Å². The predicted molar refractivity (Wildman–Crippen MR) is 80.0 cm³/mol. The summed E-state index contributed by atoms with van der Waals surface area (Å²) >= 11 is 2.94. The third-order valence-electron chi connectivity index (χ3n) is 3.39. The van der Waals surface area contributed by atoms with E-state index in [-0.39, 0.29) is 16.9 Å². The monoisotopic (exact) mass is 383 g/mol. The molecule has 5 nitrogen and oxygen atoms in total. The number of rotatable bonds is 4. The number of hydrogen-bond acceptors (Lipinski definition) is 3. The molecule has 1 saturated heterocycles. The van der Waals surface area contributed by atoms with E-state index >= 15 is 0 Å². The molecule has 0 aromatic heterocycles. The van der Waals surface area contributed by atoms with Gasteiger partial charge in [-0.25, -0.2) is 8.78 Å². The van der Waals surface area contributed by atoms with E-state index in [1.54, 1.807) is 0 Å². The van der Waals surface area contributed by atoms with E-state index in [9.17, 15) is 17.2 Å². The molecule has 3 N–H and O–H groups in total. The lowest BCUT2D eigenvalue weighted by atomic mass is 10.0. The van der Waals surface area contributed by atoms with Gasteiger partial charge in [0.15, 0.2) is 11.6 Å². The van der Waals surface area contributed by atoms with Crippen molar-refractivity contribution in [2.75, 3.05) is 24.4 Å². The first kappa shape index (κ1) is 16.6. The minimum atomic E-state index is -4.00. The van der Waals surface area contributed by atoms with Crippen LogP contribution in [0.2, 0.25) is 0 Å². The van der Waals surface area contributed by atoms with E-state index in [0.29, 0.717) is 19.5 Å².